The highest BCUT2D eigenvalue weighted by Gasteiger charge is 2.27. The Morgan fingerprint density at radius 3 is 2.82 bits per heavy atom. The van der Waals surface area contributed by atoms with Gasteiger partial charge in [-0.05, 0) is 42.5 Å². The second-order valence-corrected chi connectivity index (χ2v) is 7.03. The Morgan fingerprint density at radius 1 is 1.23 bits per heavy atom. The molecule has 0 spiro atoms. The minimum absolute atomic E-state index is 0.181. The van der Waals surface area contributed by atoms with E-state index >= 15 is 0 Å². The normalized spacial score (nSPS) is 16.8. The molecule has 0 N–H and O–H groups in total. The molecule has 116 valence electrons. The lowest BCUT2D eigenvalue weighted by molar-refractivity contribution is -0.131. The van der Waals surface area contributed by atoms with E-state index in [4.69, 9.17) is 0 Å². The van der Waals surface area contributed by atoms with Crippen molar-refractivity contribution in [3.05, 3.63) is 57.8 Å². The van der Waals surface area contributed by atoms with Crippen LogP contribution in [-0.4, -0.2) is 36.3 Å². The number of benzene rings is 1. The Labute approximate surface area is 136 Å². The van der Waals surface area contributed by atoms with Crippen LogP contribution in [0.25, 0.3) is 0 Å². The topological polar surface area (TPSA) is 23.6 Å². The minimum atomic E-state index is 0.181. The van der Waals surface area contributed by atoms with E-state index in [9.17, 15) is 4.79 Å². The number of aryl methyl sites for hydroxylation is 1. The summed E-state index contributed by atoms with van der Waals surface area (Å²) in [4.78, 5) is 17.7. The van der Waals surface area contributed by atoms with Gasteiger partial charge in [0.1, 0.15) is 0 Å². The van der Waals surface area contributed by atoms with E-state index in [1.165, 1.54) is 16.0 Å². The average molecular weight is 314 g/mol. The monoisotopic (exact) mass is 314 g/mol. The van der Waals surface area contributed by atoms with E-state index in [0.717, 1.165) is 12.8 Å². The van der Waals surface area contributed by atoms with Crippen LogP contribution in [0.15, 0.2) is 41.8 Å². The minimum Gasteiger partial charge on any atom is -0.340 e. The van der Waals surface area contributed by atoms with Gasteiger partial charge in [0.15, 0.2) is 0 Å². The fourth-order valence-electron chi connectivity index (χ4n) is 3.16. The van der Waals surface area contributed by atoms with Crippen molar-refractivity contribution in [2.24, 2.45) is 0 Å². The molecule has 1 atom stereocenters. The van der Waals surface area contributed by atoms with Gasteiger partial charge in [-0.1, -0.05) is 30.3 Å². The number of nitrogens with zero attached hydrogens (tertiary/aromatic N) is 2. The third-order valence-electron chi connectivity index (χ3n) is 4.42. The Bertz CT molecular complexity index is 638. The number of hydrogen-bond donors (Lipinski definition) is 0. The molecule has 1 amide bonds. The fraction of sp³-hybridized carbons (Fsp3) is 0.389. The largest absolute Gasteiger partial charge is 0.340 e. The van der Waals surface area contributed by atoms with Gasteiger partial charge < -0.3 is 4.90 Å². The Kier molecular flexibility index (Phi) is 4.60. The SMILES string of the molecule is CN(Cc1cccs1)C(=O)CN(C)C1CCc2ccccc21. The molecule has 1 aliphatic rings. The third-order valence-corrected chi connectivity index (χ3v) is 5.28. The van der Waals surface area contributed by atoms with Gasteiger partial charge in [-0.25, -0.2) is 0 Å². The Hall–Kier alpha value is -1.65. The molecule has 0 aliphatic heterocycles. The number of carbonyl (C=O) groups is 1. The van der Waals surface area contributed by atoms with Gasteiger partial charge in [-0.3, -0.25) is 9.69 Å². The van der Waals surface area contributed by atoms with Gasteiger partial charge in [0.05, 0.1) is 13.1 Å². The van der Waals surface area contributed by atoms with Crippen LogP contribution in [-0.2, 0) is 17.8 Å². The molecule has 1 heterocycles. The molecular formula is C18H22N2OS. The van der Waals surface area contributed by atoms with Crippen LogP contribution in [0.2, 0.25) is 0 Å². The van der Waals surface area contributed by atoms with Crippen LogP contribution in [0.4, 0.5) is 0 Å². The zero-order valence-corrected chi connectivity index (χ0v) is 14.0. The number of rotatable bonds is 5. The lowest BCUT2D eigenvalue weighted by Gasteiger charge is -2.27. The molecule has 0 radical (unpaired) electrons. The van der Waals surface area contributed by atoms with Crippen LogP contribution < -0.4 is 0 Å². The molecule has 0 bridgehead atoms. The van der Waals surface area contributed by atoms with Gasteiger partial charge in [-0.15, -0.1) is 11.3 Å². The number of likely N-dealkylation sites (N-methyl/N-ethyl adjacent to an activating group) is 2. The Balaban J connectivity index is 1.60. The molecular weight excluding hydrogens is 292 g/mol. The first-order chi connectivity index (χ1) is 10.6. The summed E-state index contributed by atoms with van der Waals surface area (Å²) in [5.74, 6) is 0.181. The van der Waals surface area contributed by atoms with Crippen molar-refractivity contribution in [2.75, 3.05) is 20.6 Å². The summed E-state index contributed by atoms with van der Waals surface area (Å²) >= 11 is 1.70. The molecule has 2 aromatic rings. The zero-order valence-electron chi connectivity index (χ0n) is 13.2. The molecule has 0 fully saturated rings. The van der Waals surface area contributed by atoms with Crippen LogP contribution in [0.5, 0.6) is 0 Å². The lowest BCUT2D eigenvalue weighted by Crippen LogP contribution is -2.37. The molecule has 22 heavy (non-hydrogen) atoms. The molecule has 0 saturated carbocycles. The van der Waals surface area contributed by atoms with E-state index < -0.39 is 0 Å². The van der Waals surface area contributed by atoms with Crippen LogP contribution in [0.3, 0.4) is 0 Å². The van der Waals surface area contributed by atoms with Crippen LogP contribution in [0, 0.1) is 0 Å². The highest BCUT2D eigenvalue weighted by Crippen LogP contribution is 2.34. The van der Waals surface area contributed by atoms with Gasteiger partial charge in [-0.2, -0.15) is 0 Å². The molecule has 4 heteroatoms. The van der Waals surface area contributed by atoms with Gasteiger partial charge in [0.25, 0.3) is 0 Å². The van der Waals surface area contributed by atoms with E-state index in [-0.39, 0.29) is 5.91 Å². The zero-order chi connectivity index (χ0) is 15.5. The molecule has 1 unspecified atom stereocenters. The average Bonchev–Trinajstić information content (AvgIpc) is 3.15. The second-order valence-electron chi connectivity index (χ2n) is 6.00. The maximum Gasteiger partial charge on any atom is 0.236 e. The number of amides is 1. The van der Waals surface area contributed by atoms with E-state index in [2.05, 4.69) is 47.7 Å². The Morgan fingerprint density at radius 2 is 2.05 bits per heavy atom. The van der Waals surface area contributed by atoms with E-state index in [1.54, 1.807) is 11.3 Å². The van der Waals surface area contributed by atoms with Crippen molar-refractivity contribution in [3.63, 3.8) is 0 Å². The summed E-state index contributed by atoms with van der Waals surface area (Å²) in [6, 6.07) is 13.1. The summed E-state index contributed by atoms with van der Waals surface area (Å²) in [5.41, 5.74) is 2.82. The molecule has 3 nitrogen and oxygen atoms in total. The number of hydrogen-bond acceptors (Lipinski definition) is 3. The van der Waals surface area contributed by atoms with Crippen molar-refractivity contribution in [2.45, 2.75) is 25.4 Å². The molecule has 1 aliphatic carbocycles. The van der Waals surface area contributed by atoms with Crippen LogP contribution in [0.1, 0.15) is 28.5 Å². The van der Waals surface area contributed by atoms with E-state index in [1.807, 2.05) is 18.0 Å². The van der Waals surface area contributed by atoms with Gasteiger partial charge in [0.2, 0.25) is 5.91 Å². The second kappa shape index (κ2) is 6.63. The van der Waals surface area contributed by atoms with Gasteiger partial charge in [0, 0.05) is 18.0 Å². The first-order valence-electron chi connectivity index (χ1n) is 7.69. The fourth-order valence-corrected chi connectivity index (χ4v) is 3.92. The summed E-state index contributed by atoms with van der Waals surface area (Å²) in [6.45, 7) is 1.17. The van der Waals surface area contributed by atoms with E-state index in [0.29, 0.717) is 19.1 Å². The first-order valence-corrected chi connectivity index (χ1v) is 8.57. The molecule has 1 aromatic heterocycles. The smallest absolute Gasteiger partial charge is 0.236 e. The highest BCUT2D eigenvalue weighted by molar-refractivity contribution is 7.09. The number of thiophene rings is 1. The molecule has 1 aromatic carbocycles. The predicted octanol–water partition coefficient (Wildman–Crippen LogP) is 3.33. The van der Waals surface area contributed by atoms with Crippen molar-refractivity contribution < 1.29 is 4.79 Å². The first kappa shape index (κ1) is 15.3. The molecule has 3 rings (SSSR count). The maximum atomic E-state index is 12.4. The lowest BCUT2D eigenvalue weighted by atomic mass is 10.1. The van der Waals surface area contributed by atoms with Crippen molar-refractivity contribution in [1.82, 2.24) is 9.80 Å². The van der Waals surface area contributed by atoms with Gasteiger partial charge >= 0.3 is 0 Å². The summed E-state index contributed by atoms with van der Waals surface area (Å²) in [6.07, 6.45) is 2.22. The quantitative estimate of drug-likeness (QED) is 0.845. The van der Waals surface area contributed by atoms with Crippen molar-refractivity contribution >= 4 is 17.2 Å². The number of carbonyl (C=O) groups excluding carboxylic acids is 1. The molecule has 0 saturated heterocycles. The van der Waals surface area contributed by atoms with Crippen molar-refractivity contribution in [3.8, 4) is 0 Å². The third kappa shape index (κ3) is 3.23. The number of fused-ring (bicyclic) bond motifs is 1. The summed E-state index contributed by atoms with van der Waals surface area (Å²) < 4.78 is 0. The van der Waals surface area contributed by atoms with Crippen molar-refractivity contribution in [1.29, 1.82) is 0 Å². The maximum absolute atomic E-state index is 12.4. The highest BCUT2D eigenvalue weighted by atomic mass is 32.1. The summed E-state index contributed by atoms with van der Waals surface area (Å²) in [7, 11) is 3.95. The summed E-state index contributed by atoms with van der Waals surface area (Å²) in [5, 5.41) is 2.05. The predicted molar refractivity (Wildman–Crippen MR) is 90.9 cm³/mol. The standard InChI is InChI=1S/C18H22N2OS/c1-19(17-10-9-14-6-3-4-8-16(14)17)13-18(21)20(2)12-15-7-5-11-22-15/h3-8,11,17H,9-10,12-13H2,1-2H3. The van der Waals surface area contributed by atoms with Crippen LogP contribution >= 0.6 is 11.3 Å².